The molecule has 0 radical (unpaired) electrons. The minimum atomic E-state index is 0. The number of nitrogens with one attached hydrogen (secondary N) is 2. The Kier molecular flexibility index (Phi) is 9.34. The van der Waals surface area contributed by atoms with E-state index in [2.05, 4.69) is 59.5 Å². The van der Waals surface area contributed by atoms with E-state index in [1.54, 1.807) is 0 Å². The molecule has 1 aromatic carbocycles. The predicted molar refractivity (Wildman–Crippen MR) is 128 cm³/mol. The van der Waals surface area contributed by atoms with Crippen LogP contribution in [0.3, 0.4) is 0 Å². The van der Waals surface area contributed by atoms with Crippen molar-refractivity contribution in [2.75, 3.05) is 26.7 Å². The van der Waals surface area contributed by atoms with Crippen molar-refractivity contribution in [1.82, 2.24) is 15.5 Å². The van der Waals surface area contributed by atoms with Gasteiger partial charge < -0.3 is 20.3 Å². The number of aryl methyl sites for hydroxylation is 1. The molecule has 158 valence electrons. The van der Waals surface area contributed by atoms with Gasteiger partial charge in [-0.2, -0.15) is 0 Å². The monoisotopic (exact) mass is 500 g/mol. The average Bonchev–Trinajstić information content (AvgIpc) is 3.41. The third-order valence-corrected chi connectivity index (χ3v) is 5.73. The number of ether oxygens (including phenoxy) is 1. The molecule has 6 heteroatoms. The summed E-state index contributed by atoms with van der Waals surface area (Å²) in [5.41, 5.74) is 2.39. The van der Waals surface area contributed by atoms with Gasteiger partial charge in [0.2, 0.25) is 0 Å². The Morgan fingerprint density at radius 1 is 1.29 bits per heavy atom. The van der Waals surface area contributed by atoms with E-state index in [4.69, 9.17) is 4.74 Å². The lowest BCUT2D eigenvalue weighted by atomic mass is 10.1. The first kappa shape index (κ1) is 23.3. The van der Waals surface area contributed by atoms with Gasteiger partial charge in [-0.1, -0.05) is 19.1 Å². The van der Waals surface area contributed by atoms with Gasteiger partial charge >= 0.3 is 0 Å². The summed E-state index contributed by atoms with van der Waals surface area (Å²) in [6, 6.07) is 7.31. The van der Waals surface area contributed by atoms with E-state index in [-0.39, 0.29) is 30.1 Å². The van der Waals surface area contributed by atoms with E-state index in [1.807, 2.05) is 7.05 Å². The smallest absolute Gasteiger partial charge is 0.191 e. The maximum atomic E-state index is 6.12. The summed E-state index contributed by atoms with van der Waals surface area (Å²) < 4.78 is 6.12. The number of aliphatic imine (C=N–C) groups is 1. The highest BCUT2D eigenvalue weighted by molar-refractivity contribution is 14.0. The van der Waals surface area contributed by atoms with Gasteiger partial charge in [0.1, 0.15) is 5.75 Å². The molecule has 2 N–H and O–H groups in total. The summed E-state index contributed by atoms with van der Waals surface area (Å²) >= 11 is 0. The SMILES string of the molecule is CCC(C)Oc1cc(C)ccc1CNC(=NC)NCC1CCN(C2CC2)C1.I. The number of hydrogen-bond donors (Lipinski definition) is 2. The standard InChI is InChI=1S/C22H36N4O.HI/c1-5-17(3)27-21-12-16(2)6-7-19(21)14-25-22(23-4)24-13-18-10-11-26(15-18)20-8-9-20;/h6-7,12,17-18,20H,5,8-11,13-15H2,1-4H3,(H2,23,24,25);1H. The molecule has 2 aliphatic rings. The van der Waals surface area contributed by atoms with Crippen LogP contribution in [0.2, 0.25) is 0 Å². The van der Waals surface area contributed by atoms with Gasteiger partial charge in [-0.3, -0.25) is 4.99 Å². The van der Waals surface area contributed by atoms with Crippen LogP contribution in [0.25, 0.3) is 0 Å². The van der Waals surface area contributed by atoms with E-state index in [0.29, 0.717) is 6.54 Å². The molecule has 3 rings (SSSR count). The van der Waals surface area contributed by atoms with Crippen LogP contribution in [0.1, 0.15) is 50.7 Å². The van der Waals surface area contributed by atoms with Crippen molar-refractivity contribution in [3.8, 4) is 5.75 Å². The number of nitrogens with zero attached hydrogens (tertiary/aromatic N) is 2. The number of benzene rings is 1. The van der Waals surface area contributed by atoms with E-state index in [0.717, 1.165) is 36.6 Å². The van der Waals surface area contributed by atoms with Crippen LogP contribution < -0.4 is 15.4 Å². The zero-order valence-corrected chi connectivity index (χ0v) is 20.2. The van der Waals surface area contributed by atoms with Crippen LogP contribution in [-0.4, -0.2) is 49.7 Å². The fourth-order valence-corrected chi connectivity index (χ4v) is 3.66. The second kappa shape index (κ2) is 11.2. The molecular formula is C22H37IN4O. The van der Waals surface area contributed by atoms with Crippen molar-refractivity contribution in [1.29, 1.82) is 0 Å². The van der Waals surface area contributed by atoms with E-state index >= 15 is 0 Å². The minimum Gasteiger partial charge on any atom is -0.490 e. The lowest BCUT2D eigenvalue weighted by Crippen LogP contribution is -2.40. The van der Waals surface area contributed by atoms with Crippen molar-refractivity contribution in [2.45, 2.75) is 65.1 Å². The van der Waals surface area contributed by atoms with Crippen molar-refractivity contribution < 1.29 is 4.74 Å². The summed E-state index contributed by atoms with van der Waals surface area (Å²) in [5.74, 6) is 2.57. The fraction of sp³-hybridized carbons (Fsp3) is 0.682. The number of guanidine groups is 1. The molecule has 1 aliphatic carbocycles. The van der Waals surface area contributed by atoms with Gasteiger partial charge in [-0.05, 0) is 63.6 Å². The number of halogens is 1. The Morgan fingerprint density at radius 2 is 2.07 bits per heavy atom. The van der Waals surface area contributed by atoms with Gasteiger partial charge in [0.25, 0.3) is 0 Å². The molecule has 0 aromatic heterocycles. The molecule has 2 unspecified atom stereocenters. The van der Waals surface area contributed by atoms with Gasteiger partial charge in [-0.15, -0.1) is 24.0 Å². The lowest BCUT2D eigenvalue weighted by molar-refractivity contribution is 0.215. The molecule has 0 bridgehead atoms. The van der Waals surface area contributed by atoms with E-state index in [9.17, 15) is 0 Å². The Morgan fingerprint density at radius 3 is 2.75 bits per heavy atom. The molecule has 1 saturated carbocycles. The second-order valence-electron chi connectivity index (χ2n) is 8.14. The highest BCUT2D eigenvalue weighted by Gasteiger charge is 2.34. The molecule has 28 heavy (non-hydrogen) atoms. The highest BCUT2D eigenvalue weighted by Crippen LogP contribution is 2.31. The van der Waals surface area contributed by atoms with Gasteiger partial charge in [0, 0.05) is 38.3 Å². The first-order valence-corrected chi connectivity index (χ1v) is 10.5. The maximum Gasteiger partial charge on any atom is 0.191 e. The topological polar surface area (TPSA) is 48.9 Å². The minimum absolute atomic E-state index is 0. The molecule has 1 heterocycles. The van der Waals surface area contributed by atoms with Gasteiger partial charge in [0.05, 0.1) is 6.10 Å². The van der Waals surface area contributed by atoms with Crippen molar-refractivity contribution >= 4 is 29.9 Å². The second-order valence-corrected chi connectivity index (χ2v) is 8.14. The lowest BCUT2D eigenvalue weighted by Gasteiger charge is -2.19. The van der Waals surface area contributed by atoms with Crippen LogP contribution in [0, 0.1) is 12.8 Å². The Balaban J connectivity index is 0.00000280. The van der Waals surface area contributed by atoms with E-state index in [1.165, 1.54) is 43.5 Å². The van der Waals surface area contributed by atoms with Crippen molar-refractivity contribution in [2.24, 2.45) is 10.9 Å². The summed E-state index contributed by atoms with van der Waals surface area (Å²) in [7, 11) is 1.84. The zero-order chi connectivity index (χ0) is 19.2. The van der Waals surface area contributed by atoms with Crippen molar-refractivity contribution in [3.63, 3.8) is 0 Å². The summed E-state index contributed by atoms with van der Waals surface area (Å²) in [5, 5.41) is 6.97. The van der Waals surface area contributed by atoms with Crippen LogP contribution in [-0.2, 0) is 6.54 Å². The van der Waals surface area contributed by atoms with Crippen LogP contribution in [0.5, 0.6) is 5.75 Å². The molecule has 5 nitrogen and oxygen atoms in total. The van der Waals surface area contributed by atoms with E-state index < -0.39 is 0 Å². The predicted octanol–water partition coefficient (Wildman–Crippen LogP) is 3.94. The summed E-state index contributed by atoms with van der Waals surface area (Å²) in [4.78, 5) is 7.05. The molecule has 0 amide bonds. The first-order valence-electron chi connectivity index (χ1n) is 10.5. The van der Waals surface area contributed by atoms with Crippen molar-refractivity contribution in [3.05, 3.63) is 29.3 Å². The Bertz CT molecular complexity index is 647. The third-order valence-electron chi connectivity index (χ3n) is 5.73. The fourth-order valence-electron chi connectivity index (χ4n) is 3.66. The molecule has 1 aliphatic heterocycles. The van der Waals surface area contributed by atoms with Crippen LogP contribution >= 0.6 is 24.0 Å². The molecule has 1 saturated heterocycles. The third kappa shape index (κ3) is 6.79. The van der Waals surface area contributed by atoms with Crippen LogP contribution in [0.15, 0.2) is 23.2 Å². The molecule has 1 aromatic rings. The zero-order valence-electron chi connectivity index (χ0n) is 17.8. The number of likely N-dealkylation sites (tertiary alicyclic amines) is 1. The largest absolute Gasteiger partial charge is 0.490 e. The first-order chi connectivity index (χ1) is 13.1. The number of rotatable bonds is 8. The van der Waals surface area contributed by atoms with Gasteiger partial charge in [-0.25, -0.2) is 0 Å². The Labute approximate surface area is 187 Å². The molecule has 0 spiro atoms. The van der Waals surface area contributed by atoms with Crippen LogP contribution in [0.4, 0.5) is 0 Å². The molecule has 2 fully saturated rings. The summed E-state index contributed by atoms with van der Waals surface area (Å²) in [6.45, 7) is 10.6. The number of hydrogen-bond acceptors (Lipinski definition) is 3. The molecule has 2 atom stereocenters. The highest BCUT2D eigenvalue weighted by atomic mass is 127. The average molecular weight is 500 g/mol. The molecular weight excluding hydrogens is 463 g/mol. The maximum absolute atomic E-state index is 6.12. The summed E-state index contributed by atoms with van der Waals surface area (Å²) in [6.07, 6.45) is 5.33. The quantitative estimate of drug-likeness (QED) is 0.323. The normalized spacial score (nSPS) is 21.1. The Hall–Kier alpha value is -1.02. The van der Waals surface area contributed by atoms with Gasteiger partial charge in [0.15, 0.2) is 5.96 Å².